The van der Waals surface area contributed by atoms with Gasteiger partial charge in [0.15, 0.2) is 11.6 Å². The number of aliphatic hydroxyl groups is 1. The molecule has 1 saturated carbocycles. The summed E-state index contributed by atoms with van der Waals surface area (Å²) >= 11 is 5.88. The van der Waals surface area contributed by atoms with Gasteiger partial charge in [0.2, 0.25) is 0 Å². The number of aryl methyl sites for hydroxylation is 1. The average molecular weight is 651 g/mol. The molecule has 1 saturated heterocycles. The van der Waals surface area contributed by atoms with E-state index >= 15 is 0 Å². The molecule has 6 nitrogen and oxygen atoms in total. The third-order valence-corrected chi connectivity index (χ3v) is 9.95. The van der Waals surface area contributed by atoms with Crippen LogP contribution in [0.5, 0.6) is 11.5 Å². The zero-order valence-electron chi connectivity index (χ0n) is 26.3. The molecule has 6 rings (SSSR count). The van der Waals surface area contributed by atoms with E-state index in [4.69, 9.17) is 21.1 Å². The Labute approximate surface area is 274 Å². The minimum Gasteiger partial charge on any atom is -0.496 e. The number of carbonyl (C=O) groups is 1. The van der Waals surface area contributed by atoms with Crippen molar-refractivity contribution in [3.05, 3.63) is 99.1 Å². The maximum Gasteiger partial charge on any atom is 0.252 e. The van der Waals surface area contributed by atoms with E-state index in [1.54, 1.807) is 7.11 Å². The highest BCUT2D eigenvalue weighted by Gasteiger charge is 2.43. The first kappa shape index (κ1) is 32.5. The van der Waals surface area contributed by atoms with Gasteiger partial charge in [0.05, 0.1) is 13.7 Å². The van der Waals surface area contributed by atoms with Gasteiger partial charge in [-0.1, -0.05) is 48.0 Å². The van der Waals surface area contributed by atoms with Crippen molar-refractivity contribution in [2.24, 2.45) is 5.92 Å². The first-order chi connectivity index (χ1) is 22.3. The van der Waals surface area contributed by atoms with Crippen molar-refractivity contribution >= 4 is 23.1 Å². The second-order valence-electron chi connectivity index (χ2n) is 12.8. The molecule has 244 valence electrons. The van der Waals surface area contributed by atoms with E-state index in [2.05, 4.69) is 35.6 Å². The number of piperidine rings is 1. The number of nitrogens with zero attached hydrogens (tertiary/aromatic N) is 1. The van der Waals surface area contributed by atoms with E-state index in [0.717, 1.165) is 83.4 Å². The summed E-state index contributed by atoms with van der Waals surface area (Å²) in [6.45, 7) is 2.87. The summed E-state index contributed by atoms with van der Waals surface area (Å²) in [5.74, 6) is -0.620. The van der Waals surface area contributed by atoms with Crippen molar-refractivity contribution in [1.82, 2.24) is 10.2 Å². The molecule has 1 aliphatic carbocycles. The van der Waals surface area contributed by atoms with E-state index in [1.807, 2.05) is 24.0 Å². The molecule has 46 heavy (non-hydrogen) atoms. The fraction of sp³-hybridized carbons (Fsp3) is 0.432. The van der Waals surface area contributed by atoms with Crippen LogP contribution in [0.15, 0.2) is 60.2 Å². The molecule has 9 heteroatoms. The fourth-order valence-corrected chi connectivity index (χ4v) is 7.18. The summed E-state index contributed by atoms with van der Waals surface area (Å²) in [4.78, 5) is 16.7. The van der Waals surface area contributed by atoms with Crippen molar-refractivity contribution in [2.75, 3.05) is 20.3 Å². The van der Waals surface area contributed by atoms with Gasteiger partial charge in [0, 0.05) is 36.9 Å². The SMILES string of the molecule is COc1cccc(CN(C(=O)C2=C(c3ccc(CCCOc4c(F)ccc(F)c4Cl)cc3)CC3CC(CO)CC2N3)C2CC2)c1C. The van der Waals surface area contributed by atoms with Gasteiger partial charge >= 0.3 is 0 Å². The molecule has 3 aliphatic rings. The van der Waals surface area contributed by atoms with Crippen molar-refractivity contribution in [1.29, 1.82) is 0 Å². The molecule has 0 spiro atoms. The van der Waals surface area contributed by atoms with Gasteiger partial charge in [-0.15, -0.1) is 0 Å². The summed E-state index contributed by atoms with van der Waals surface area (Å²) in [5, 5.41) is 13.4. The summed E-state index contributed by atoms with van der Waals surface area (Å²) in [7, 11) is 1.67. The second kappa shape index (κ2) is 14.1. The number of benzene rings is 3. The molecule has 3 aromatic rings. The Kier molecular flexibility index (Phi) is 9.97. The quantitative estimate of drug-likeness (QED) is 0.163. The number of hydrogen-bond donors (Lipinski definition) is 2. The van der Waals surface area contributed by atoms with Crippen molar-refractivity contribution < 1.29 is 28.2 Å². The van der Waals surface area contributed by atoms with Crippen LogP contribution in [-0.2, 0) is 17.8 Å². The van der Waals surface area contributed by atoms with Crippen LogP contribution in [0.2, 0.25) is 5.02 Å². The zero-order chi connectivity index (χ0) is 32.4. The molecule has 0 radical (unpaired) electrons. The lowest BCUT2D eigenvalue weighted by molar-refractivity contribution is -0.128. The van der Waals surface area contributed by atoms with Crippen molar-refractivity contribution in [3.8, 4) is 11.5 Å². The molecule has 2 N–H and O–H groups in total. The number of ether oxygens (including phenoxy) is 2. The maximum atomic E-state index is 14.6. The van der Waals surface area contributed by atoms with E-state index < -0.39 is 11.6 Å². The van der Waals surface area contributed by atoms with Gasteiger partial charge in [-0.3, -0.25) is 4.79 Å². The van der Waals surface area contributed by atoms with Crippen LogP contribution < -0.4 is 14.8 Å². The molecule has 2 bridgehead atoms. The topological polar surface area (TPSA) is 71.0 Å². The highest BCUT2D eigenvalue weighted by molar-refractivity contribution is 6.32. The molecule has 0 aromatic heterocycles. The average Bonchev–Trinajstić information content (AvgIpc) is 3.91. The minimum absolute atomic E-state index is 0.0683. The van der Waals surface area contributed by atoms with Crippen LogP contribution in [0, 0.1) is 24.5 Å². The molecule has 1 amide bonds. The highest BCUT2D eigenvalue weighted by atomic mass is 35.5. The van der Waals surface area contributed by atoms with E-state index in [-0.39, 0.29) is 53.9 Å². The van der Waals surface area contributed by atoms with Gasteiger partial charge in [-0.2, -0.15) is 0 Å². The van der Waals surface area contributed by atoms with Crippen molar-refractivity contribution in [3.63, 3.8) is 0 Å². The van der Waals surface area contributed by atoms with E-state index in [0.29, 0.717) is 19.4 Å². The van der Waals surface area contributed by atoms with Gasteiger partial charge in [-0.05, 0) is 104 Å². The predicted octanol–water partition coefficient (Wildman–Crippen LogP) is 7.02. The number of rotatable bonds is 12. The Morgan fingerprint density at radius 1 is 1.07 bits per heavy atom. The largest absolute Gasteiger partial charge is 0.496 e. The van der Waals surface area contributed by atoms with Gasteiger partial charge < -0.3 is 24.8 Å². The number of aliphatic hydroxyl groups excluding tert-OH is 1. The predicted molar refractivity (Wildman–Crippen MR) is 175 cm³/mol. The lowest BCUT2D eigenvalue weighted by Gasteiger charge is -2.43. The third kappa shape index (κ3) is 6.94. The third-order valence-electron chi connectivity index (χ3n) is 9.60. The maximum absolute atomic E-state index is 14.6. The number of fused-ring (bicyclic) bond motifs is 2. The number of halogens is 3. The first-order valence-electron chi connectivity index (χ1n) is 16.2. The molecular weight excluding hydrogens is 610 g/mol. The zero-order valence-corrected chi connectivity index (χ0v) is 27.1. The minimum atomic E-state index is -0.717. The molecular formula is C37H41ClF2N2O4. The summed E-state index contributed by atoms with van der Waals surface area (Å²) in [6.07, 6.45) is 5.58. The lowest BCUT2D eigenvalue weighted by atomic mass is 9.75. The van der Waals surface area contributed by atoms with E-state index in [1.165, 1.54) is 0 Å². The number of methoxy groups -OCH3 is 1. The number of nitrogens with one attached hydrogen (secondary N) is 1. The molecule has 3 aromatic carbocycles. The van der Waals surface area contributed by atoms with Gasteiger partial charge in [0.25, 0.3) is 5.91 Å². The second-order valence-corrected chi connectivity index (χ2v) is 13.1. The number of hydrogen-bond acceptors (Lipinski definition) is 5. The fourth-order valence-electron chi connectivity index (χ4n) is 6.97. The standard InChI is InChI=1S/C37H41ClF2N2O4/c1-22-26(6-3-7-33(22)45-2)20-42(28-12-13-28)37(44)34-29(19-27-17-24(21-43)18-32(34)41-27)25-10-8-23(9-11-25)5-4-16-46-36-31(40)15-14-30(39)35(36)38/h3,6-11,14-15,24,27-28,32,41,43H,4-5,12-13,16-21H2,1-2H3. The lowest BCUT2D eigenvalue weighted by Crippen LogP contribution is -2.53. The summed E-state index contributed by atoms with van der Waals surface area (Å²) in [6, 6.07) is 16.6. The Bertz CT molecular complexity index is 1610. The Balaban J connectivity index is 1.23. The first-order valence-corrected chi connectivity index (χ1v) is 16.5. The Morgan fingerprint density at radius 2 is 1.83 bits per heavy atom. The molecule has 2 aliphatic heterocycles. The Morgan fingerprint density at radius 3 is 2.54 bits per heavy atom. The van der Waals surface area contributed by atoms with Crippen LogP contribution in [0.1, 0.15) is 60.8 Å². The highest BCUT2D eigenvalue weighted by Crippen LogP contribution is 2.41. The molecule has 2 heterocycles. The Hall–Kier alpha value is -3.46. The number of carbonyl (C=O) groups excluding carboxylic acids is 1. The smallest absolute Gasteiger partial charge is 0.252 e. The number of amides is 1. The van der Waals surface area contributed by atoms with E-state index in [9.17, 15) is 18.7 Å². The summed E-state index contributed by atoms with van der Waals surface area (Å²) < 4.78 is 38.8. The normalized spacial score (nSPS) is 20.9. The van der Waals surface area contributed by atoms with Crippen LogP contribution >= 0.6 is 11.6 Å². The monoisotopic (exact) mass is 650 g/mol. The van der Waals surface area contributed by atoms with Gasteiger partial charge in [0.1, 0.15) is 16.6 Å². The molecule has 3 atom stereocenters. The van der Waals surface area contributed by atoms with Crippen LogP contribution in [-0.4, -0.2) is 54.4 Å². The summed E-state index contributed by atoms with van der Waals surface area (Å²) in [5.41, 5.74) is 6.13. The molecule has 3 unspecified atom stereocenters. The van der Waals surface area contributed by atoms with Crippen LogP contribution in [0.25, 0.3) is 5.57 Å². The molecule has 2 fully saturated rings. The van der Waals surface area contributed by atoms with Crippen molar-refractivity contribution in [2.45, 2.75) is 76.5 Å². The van der Waals surface area contributed by atoms with Crippen LogP contribution in [0.3, 0.4) is 0 Å². The van der Waals surface area contributed by atoms with Crippen LogP contribution in [0.4, 0.5) is 8.78 Å². The van der Waals surface area contributed by atoms with Gasteiger partial charge in [-0.25, -0.2) is 8.78 Å².